The molecule has 0 aromatic rings. The van der Waals surface area contributed by atoms with E-state index in [0.29, 0.717) is 0 Å². The quantitative estimate of drug-likeness (QED) is 0.528. The van der Waals surface area contributed by atoms with Crippen molar-refractivity contribution < 1.29 is 0 Å². The normalized spacial score (nSPS) is 10.9. The highest BCUT2D eigenvalue weighted by Crippen LogP contribution is 2.08. The molecule has 0 heteroatoms. The second kappa shape index (κ2) is 13.8. The van der Waals surface area contributed by atoms with Gasteiger partial charge in [0, 0.05) is 0 Å². The zero-order valence-electron chi connectivity index (χ0n) is 9.64. The summed E-state index contributed by atoms with van der Waals surface area (Å²) in [7, 11) is 0. The molecule has 0 saturated carbocycles. The van der Waals surface area contributed by atoms with Crippen LogP contribution in [0.2, 0.25) is 0 Å². The highest BCUT2D eigenvalue weighted by Gasteiger charge is 1.88. The van der Waals surface area contributed by atoms with Crippen LogP contribution >= 0.6 is 0 Å². The molecule has 0 unspecified atom stereocenters. The fraction of sp³-hybridized carbons (Fsp3) is 0.538. The third kappa shape index (κ3) is 11.2. The van der Waals surface area contributed by atoms with E-state index in [1.807, 2.05) is 26.0 Å². The fourth-order valence-electron chi connectivity index (χ4n) is 0.896. The van der Waals surface area contributed by atoms with E-state index < -0.39 is 0 Å². The van der Waals surface area contributed by atoms with Gasteiger partial charge in [0.2, 0.25) is 0 Å². The average Bonchev–Trinajstić information content (AvgIpc) is 2.21. The summed E-state index contributed by atoms with van der Waals surface area (Å²) in [5, 5.41) is 0. The first-order valence-electron chi connectivity index (χ1n) is 5.29. The highest BCUT2D eigenvalue weighted by atomic mass is 13.9. The first-order valence-corrected chi connectivity index (χ1v) is 5.29. The van der Waals surface area contributed by atoms with Gasteiger partial charge in [0.1, 0.15) is 0 Å². The zero-order chi connectivity index (χ0) is 10.5. The summed E-state index contributed by atoms with van der Waals surface area (Å²) in [5.74, 6) is 0. The predicted octanol–water partition coefficient (Wildman–Crippen LogP) is 4.89. The highest BCUT2D eigenvalue weighted by molar-refractivity contribution is 5.20. The Hall–Kier alpha value is -0.780. The van der Waals surface area contributed by atoms with Crippen molar-refractivity contribution in [2.75, 3.05) is 0 Å². The van der Waals surface area contributed by atoms with Crippen LogP contribution in [0.15, 0.2) is 36.5 Å². The van der Waals surface area contributed by atoms with Crippen molar-refractivity contribution >= 4 is 0 Å². The van der Waals surface area contributed by atoms with Crippen LogP contribution < -0.4 is 0 Å². The Kier molecular flexibility index (Phi) is 15.6. The van der Waals surface area contributed by atoms with E-state index in [9.17, 15) is 0 Å². The number of hydrogen-bond donors (Lipinski definition) is 0. The average molecular weight is 180 g/mol. The van der Waals surface area contributed by atoms with Crippen molar-refractivity contribution in [2.45, 2.75) is 47.0 Å². The van der Waals surface area contributed by atoms with Gasteiger partial charge >= 0.3 is 0 Å². The Morgan fingerprint density at radius 2 is 1.92 bits per heavy atom. The Bertz CT molecular complexity index is 149. The standard InChI is InChI=1S/C11H18.C2H6/c1-4-7-9-11(6-3)10-8-5-2;1-2/h4,6-7,9H,1,5,8,10H2,2-3H3;1-2H3/b9-7-,11-6+;. The van der Waals surface area contributed by atoms with Gasteiger partial charge in [0.15, 0.2) is 0 Å². The lowest BCUT2D eigenvalue weighted by molar-refractivity contribution is 0.797. The van der Waals surface area contributed by atoms with E-state index in [1.54, 1.807) is 0 Å². The van der Waals surface area contributed by atoms with Crippen LogP contribution in [0.25, 0.3) is 0 Å². The number of allylic oxidation sites excluding steroid dienone is 5. The summed E-state index contributed by atoms with van der Waals surface area (Å²) in [6.07, 6.45) is 11.8. The summed E-state index contributed by atoms with van der Waals surface area (Å²) in [4.78, 5) is 0. The van der Waals surface area contributed by atoms with Crippen molar-refractivity contribution in [2.24, 2.45) is 0 Å². The lowest BCUT2D eigenvalue weighted by Crippen LogP contribution is -1.77. The van der Waals surface area contributed by atoms with E-state index in [0.717, 1.165) is 0 Å². The van der Waals surface area contributed by atoms with Crippen LogP contribution in [0, 0.1) is 0 Å². The van der Waals surface area contributed by atoms with E-state index in [2.05, 4.69) is 32.6 Å². The monoisotopic (exact) mass is 180 g/mol. The van der Waals surface area contributed by atoms with Crippen molar-refractivity contribution in [3.63, 3.8) is 0 Å². The van der Waals surface area contributed by atoms with Gasteiger partial charge in [-0.1, -0.05) is 63.6 Å². The number of rotatable bonds is 5. The molecule has 0 N–H and O–H groups in total. The Morgan fingerprint density at radius 3 is 2.31 bits per heavy atom. The summed E-state index contributed by atoms with van der Waals surface area (Å²) in [6.45, 7) is 11.9. The van der Waals surface area contributed by atoms with Crippen molar-refractivity contribution in [1.82, 2.24) is 0 Å². The third-order valence-electron chi connectivity index (χ3n) is 1.64. The van der Waals surface area contributed by atoms with Crippen LogP contribution in [0.4, 0.5) is 0 Å². The minimum Gasteiger partial charge on any atom is -0.0991 e. The Morgan fingerprint density at radius 1 is 1.31 bits per heavy atom. The molecule has 0 rings (SSSR count). The molecule has 0 radical (unpaired) electrons. The van der Waals surface area contributed by atoms with Crippen molar-refractivity contribution in [1.29, 1.82) is 0 Å². The molecular formula is C13H24. The molecule has 0 aliphatic rings. The van der Waals surface area contributed by atoms with Gasteiger partial charge in [-0.05, 0) is 19.8 Å². The van der Waals surface area contributed by atoms with Gasteiger partial charge in [-0.25, -0.2) is 0 Å². The van der Waals surface area contributed by atoms with Crippen LogP contribution in [-0.4, -0.2) is 0 Å². The Balaban J connectivity index is 0. The van der Waals surface area contributed by atoms with Gasteiger partial charge in [-0.15, -0.1) is 0 Å². The number of unbranched alkanes of at least 4 members (excludes halogenated alkanes) is 1. The molecule has 0 saturated heterocycles. The van der Waals surface area contributed by atoms with E-state index in [4.69, 9.17) is 0 Å². The molecule has 0 bridgehead atoms. The molecule has 0 spiro atoms. The topological polar surface area (TPSA) is 0 Å². The predicted molar refractivity (Wildman–Crippen MR) is 64.0 cm³/mol. The van der Waals surface area contributed by atoms with Gasteiger partial charge in [-0.2, -0.15) is 0 Å². The van der Waals surface area contributed by atoms with Gasteiger partial charge in [0.05, 0.1) is 0 Å². The van der Waals surface area contributed by atoms with Gasteiger partial charge in [0.25, 0.3) is 0 Å². The fourth-order valence-corrected chi connectivity index (χ4v) is 0.896. The SMILES string of the molecule is C=C/C=C\C(=C/C)CCCC.CC. The third-order valence-corrected chi connectivity index (χ3v) is 1.64. The van der Waals surface area contributed by atoms with Crippen LogP contribution in [-0.2, 0) is 0 Å². The molecule has 13 heavy (non-hydrogen) atoms. The molecule has 0 aliphatic heterocycles. The molecule has 0 aromatic carbocycles. The van der Waals surface area contributed by atoms with Crippen LogP contribution in [0.3, 0.4) is 0 Å². The lowest BCUT2D eigenvalue weighted by Gasteiger charge is -1.97. The van der Waals surface area contributed by atoms with Gasteiger partial charge < -0.3 is 0 Å². The zero-order valence-corrected chi connectivity index (χ0v) is 9.64. The maximum Gasteiger partial charge on any atom is -0.0282 e. The maximum atomic E-state index is 3.63. The van der Waals surface area contributed by atoms with E-state index in [-0.39, 0.29) is 0 Å². The molecule has 0 amide bonds. The first-order chi connectivity index (χ1) is 6.35. The number of hydrogen-bond acceptors (Lipinski definition) is 0. The summed E-state index contributed by atoms with van der Waals surface area (Å²) < 4.78 is 0. The summed E-state index contributed by atoms with van der Waals surface area (Å²) in [5.41, 5.74) is 1.41. The molecule has 0 heterocycles. The summed E-state index contributed by atoms with van der Waals surface area (Å²) >= 11 is 0. The molecule has 0 aliphatic carbocycles. The van der Waals surface area contributed by atoms with E-state index in [1.165, 1.54) is 24.8 Å². The minimum atomic E-state index is 1.19. The van der Waals surface area contributed by atoms with Crippen LogP contribution in [0.5, 0.6) is 0 Å². The van der Waals surface area contributed by atoms with E-state index >= 15 is 0 Å². The molecule has 76 valence electrons. The molecular weight excluding hydrogens is 156 g/mol. The molecule has 0 fully saturated rings. The first kappa shape index (κ1) is 14.7. The maximum absolute atomic E-state index is 3.63. The lowest BCUT2D eigenvalue weighted by atomic mass is 10.1. The molecule has 0 atom stereocenters. The minimum absolute atomic E-state index is 1.19. The van der Waals surface area contributed by atoms with Crippen molar-refractivity contribution in [3.8, 4) is 0 Å². The molecule has 0 nitrogen and oxygen atoms in total. The smallest absolute Gasteiger partial charge is 0.0282 e. The van der Waals surface area contributed by atoms with Gasteiger partial charge in [-0.3, -0.25) is 0 Å². The molecule has 0 aromatic heterocycles. The largest absolute Gasteiger partial charge is 0.0991 e. The Labute approximate surface area is 84.1 Å². The second-order valence-electron chi connectivity index (χ2n) is 2.56. The second-order valence-corrected chi connectivity index (χ2v) is 2.56. The van der Waals surface area contributed by atoms with Crippen molar-refractivity contribution in [3.05, 3.63) is 36.5 Å². The van der Waals surface area contributed by atoms with Crippen LogP contribution in [0.1, 0.15) is 47.0 Å². The summed E-state index contributed by atoms with van der Waals surface area (Å²) in [6, 6.07) is 0.